The number of rotatable bonds is 53. The van der Waals surface area contributed by atoms with Gasteiger partial charge in [-0.2, -0.15) is 0 Å². The molecule has 0 aromatic heterocycles. The smallest absolute Gasteiger partial charge is 0.306 e. The van der Waals surface area contributed by atoms with Crippen molar-refractivity contribution >= 4 is 17.9 Å². The summed E-state index contributed by atoms with van der Waals surface area (Å²) in [5, 5.41) is 0. The van der Waals surface area contributed by atoms with Gasteiger partial charge in [0.05, 0.1) is 0 Å². The van der Waals surface area contributed by atoms with E-state index in [0.29, 0.717) is 19.3 Å². The molecule has 0 saturated heterocycles. The number of hydrogen-bond acceptors (Lipinski definition) is 6. The number of hydrogen-bond donors (Lipinski definition) is 0. The van der Waals surface area contributed by atoms with E-state index in [0.717, 1.165) is 69.6 Å². The molecule has 0 heterocycles. The minimum absolute atomic E-state index is 0.0632. The lowest BCUT2D eigenvalue weighted by Crippen LogP contribution is -2.30. The Kier molecular flexibility index (Phi) is 50.5. The minimum atomic E-state index is -0.762. The van der Waals surface area contributed by atoms with Crippen LogP contribution < -0.4 is 0 Å². The summed E-state index contributed by atoms with van der Waals surface area (Å²) in [6.07, 6.45) is 55.3. The zero-order chi connectivity index (χ0) is 47.5. The maximum Gasteiger partial charge on any atom is 0.306 e. The number of ether oxygens (including phenoxy) is 3. The van der Waals surface area contributed by atoms with Gasteiger partial charge in [-0.1, -0.05) is 291 Å². The lowest BCUT2D eigenvalue weighted by atomic mass is 9.99. The summed E-state index contributed by atoms with van der Waals surface area (Å²) in [5.41, 5.74) is 0. The predicted octanol–water partition coefficient (Wildman–Crippen LogP) is 19.3. The molecule has 0 saturated carbocycles. The van der Waals surface area contributed by atoms with Crippen molar-refractivity contribution in [1.82, 2.24) is 0 Å². The van der Waals surface area contributed by atoms with Crippen LogP contribution in [0.3, 0.4) is 0 Å². The Hall–Kier alpha value is -1.59. The van der Waals surface area contributed by atoms with Crippen molar-refractivity contribution in [1.29, 1.82) is 0 Å². The molecule has 2 atom stereocenters. The highest BCUT2D eigenvalue weighted by Crippen LogP contribution is 2.19. The molecular weight excluding hydrogens is 805 g/mol. The average molecular weight is 920 g/mol. The maximum atomic E-state index is 12.8. The maximum absolute atomic E-state index is 12.8. The van der Waals surface area contributed by atoms with Gasteiger partial charge in [0.1, 0.15) is 13.2 Å². The van der Waals surface area contributed by atoms with Crippen LogP contribution in [0.25, 0.3) is 0 Å². The first-order valence-electron chi connectivity index (χ1n) is 29.3. The second kappa shape index (κ2) is 51.8. The summed E-state index contributed by atoms with van der Waals surface area (Å²) in [6, 6.07) is 0. The average Bonchev–Trinajstić information content (AvgIpc) is 3.29. The highest BCUT2D eigenvalue weighted by atomic mass is 16.6. The van der Waals surface area contributed by atoms with E-state index in [1.807, 2.05) is 0 Å². The molecule has 0 N–H and O–H groups in total. The molecule has 386 valence electrons. The van der Waals surface area contributed by atoms with Crippen molar-refractivity contribution in [3.8, 4) is 0 Å². The van der Waals surface area contributed by atoms with Gasteiger partial charge < -0.3 is 14.2 Å². The molecule has 0 aromatic rings. The van der Waals surface area contributed by atoms with Crippen molar-refractivity contribution in [2.24, 2.45) is 11.8 Å². The molecule has 0 radical (unpaired) electrons. The molecule has 0 aliphatic heterocycles. The summed E-state index contributed by atoms with van der Waals surface area (Å²) in [5.74, 6) is 0.861. The van der Waals surface area contributed by atoms with Gasteiger partial charge in [0.25, 0.3) is 0 Å². The van der Waals surface area contributed by atoms with E-state index in [1.54, 1.807) is 0 Å². The van der Waals surface area contributed by atoms with E-state index in [-0.39, 0.29) is 31.1 Å². The molecule has 1 unspecified atom stereocenters. The van der Waals surface area contributed by atoms with E-state index < -0.39 is 6.10 Å². The van der Waals surface area contributed by atoms with E-state index in [2.05, 4.69) is 34.6 Å². The third-order valence-electron chi connectivity index (χ3n) is 13.8. The Morgan fingerprint density at radius 2 is 0.585 bits per heavy atom. The van der Waals surface area contributed by atoms with E-state index in [9.17, 15) is 14.4 Å². The molecule has 6 heteroatoms. The molecule has 0 aliphatic carbocycles. The second-order valence-electron chi connectivity index (χ2n) is 21.0. The van der Waals surface area contributed by atoms with Crippen molar-refractivity contribution in [3.05, 3.63) is 0 Å². The normalized spacial score (nSPS) is 12.5. The summed E-state index contributed by atoms with van der Waals surface area (Å²) in [7, 11) is 0. The van der Waals surface area contributed by atoms with Crippen LogP contribution in [-0.2, 0) is 28.6 Å². The van der Waals surface area contributed by atoms with Gasteiger partial charge in [-0.25, -0.2) is 0 Å². The van der Waals surface area contributed by atoms with Gasteiger partial charge >= 0.3 is 17.9 Å². The number of esters is 3. The van der Waals surface area contributed by atoms with Crippen LogP contribution in [0.15, 0.2) is 0 Å². The van der Waals surface area contributed by atoms with Crippen LogP contribution >= 0.6 is 0 Å². The third kappa shape index (κ3) is 51.6. The fourth-order valence-corrected chi connectivity index (χ4v) is 9.02. The van der Waals surface area contributed by atoms with Crippen LogP contribution in [0, 0.1) is 11.8 Å². The summed E-state index contributed by atoms with van der Waals surface area (Å²) in [4.78, 5) is 38.1. The highest BCUT2D eigenvalue weighted by Gasteiger charge is 2.19. The molecule has 0 spiro atoms. The van der Waals surface area contributed by atoms with E-state index in [1.165, 1.54) is 218 Å². The van der Waals surface area contributed by atoms with Crippen molar-refractivity contribution in [3.63, 3.8) is 0 Å². The molecule has 0 amide bonds. The quantitative estimate of drug-likeness (QED) is 0.0344. The van der Waals surface area contributed by atoms with Crippen LogP contribution in [0.1, 0.15) is 330 Å². The van der Waals surface area contributed by atoms with Gasteiger partial charge in [0.15, 0.2) is 6.10 Å². The third-order valence-corrected chi connectivity index (χ3v) is 13.8. The number of carbonyl (C=O) groups is 3. The molecule has 6 nitrogen and oxygen atoms in total. The molecule has 65 heavy (non-hydrogen) atoms. The van der Waals surface area contributed by atoms with Crippen LogP contribution in [0.2, 0.25) is 0 Å². The first-order valence-corrected chi connectivity index (χ1v) is 29.3. The standard InChI is InChI=1S/C59H114O6/c1-6-8-9-10-11-12-13-14-22-25-28-34-39-44-49-57(60)63-52-56(65-59(62)51-46-41-36-31-30-32-37-42-47-54(3)4)53-64-58(61)50-45-40-35-29-26-23-20-18-16-15-17-19-21-24-27-33-38-43-48-55(5)7-2/h54-56H,6-53H2,1-5H3/t55?,56-/m1/s1. The summed E-state index contributed by atoms with van der Waals surface area (Å²) < 4.78 is 16.9. The van der Waals surface area contributed by atoms with Gasteiger partial charge in [-0.3, -0.25) is 14.4 Å². The Balaban J connectivity index is 4.19. The Labute approximate surface area is 406 Å². The second-order valence-corrected chi connectivity index (χ2v) is 21.0. The first-order chi connectivity index (χ1) is 31.8. The Bertz CT molecular complexity index is 995. The summed E-state index contributed by atoms with van der Waals surface area (Å²) in [6.45, 7) is 11.4. The zero-order valence-electron chi connectivity index (χ0n) is 44.6. The SMILES string of the molecule is CCCCCCCCCCCCCCCCC(=O)OC[C@H](COC(=O)CCCCCCCCCCCCCCCCCCCCC(C)CC)OC(=O)CCCCCCCCCCC(C)C. The molecule has 0 aliphatic rings. The fourth-order valence-electron chi connectivity index (χ4n) is 9.02. The molecule has 0 rings (SSSR count). The van der Waals surface area contributed by atoms with Gasteiger partial charge in [0.2, 0.25) is 0 Å². The predicted molar refractivity (Wildman–Crippen MR) is 280 cm³/mol. The van der Waals surface area contributed by atoms with Gasteiger partial charge in [0, 0.05) is 19.3 Å². The minimum Gasteiger partial charge on any atom is -0.462 e. The lowest BCUT2D eigenvalue weighted by Gasteiger charge is -2.18. The lowest BCUT2D eigenvalue weighted by molar-refractivity contribution is -0.167. The molecular formula is C59H114O6. The van der Waals surface area contributed by atoms with E-state index >= 15 is 0 Å². The van der Waals surface area contributed by atoms with Gasteiger partial charge in [-0.15, -0.1) is 0 Å². The highest BCUT2D eigenvalue weighted by molar-refractivity contribution is 5.71. The van der Waals surface area contributed by atoms with Gasteiger partial charge in [-0.05, 0) is 31.1 Å². The number of carbonyl (C=O) groups excluding carboxylic acids is 3. The van der Waals surface area contributed by atoms with Crippen molar-refractivity contribution in [2.45, 2.75) is 336 Å². The van der Waals surface area contributed by atoms with E-state index in [4.69, 9.17) is 14.2 Å². The number of unbranched alkanes of at least 4 members (excludes halogenated alkanes) is 37. The first kappa shape index (κ1) is 63.4. The zero-order valence-corrected chi connectivity index (χ0v) is 44.6. The van der Waals surface area contributed by atoms with Crippen molar-refractivity contribution < 1.29 is 28.6 Å². The largest absolute Gasteiger partial charge is 0.462 e. The van der Waals surface area contributed by atoms with Crippen molar-refractivity contribution in [2.75, 3.05) is 13.2 Å². The monoisotopic (exact) mass is 919 g/mol. The van der Waals surface area contributed by atoms with Crippen LogP contribution in [-0.4, -0.2) is 37.2 Å². The fraction of sp³-hybridized carbons (Fsp3) is 0.949. The van der Waals surface area contributed by atoms with Crippen LogP contribution in [0.4, 0.5) is 0 Å². The molecule has 0 bridgehead atoms. The van der Waals surface area contributed by atoms with Crippen LogP contribution in [0.5, 0.6) is 0 Å². The molecule has 0 aromatic carbocycles. The summed E-state index contributed by atoms with van der Waals surface area (Å²) >= 11 is 0. The topological polar surface area (TPSA) is 78.9 Å². The molecule has 0 fully saturated rings. The Morgan fingerprint density at radius 3 is 0.877 bits per heavy atom. The Morgan fingerprint density at radius 1 is 0.323 bits per heavy atom.